The van der Waals surface area contributed by atoms with Gasteiger partial charge in [0.05, 0.1) is 12.2 Å². The number of hydrogen-bond acceptors (Lipinski definition) is 5. The molecule has 0 fully saturated rings. The second kappa shape index (κ2) is 6.67. The zero-order valence-electron chi connectivity index (χ0n) is 11.4. The molecule has 0 atom stereocenters. The smallest absolute Gasteiger partial charge is 0.237 e. The first-order valence-electron chi connectivity index (χ1n) is 6.01. The molecule has 0 aliphatic heterocycles. The molecule has 1 aromatic heterocycles. The summed E-state index contributed by atoms with van der Waals surface area (Å²) < 4.78 is 29.6. The van der Waals surface area contributed by atoms with E-state index in [2.05, 4.69) is 9.68 Å². The molecule has 0 N–H and O–H groups in total. The molecule has 0 bridgehead atoms. The fourth-order valence-electron chi connectivity index (χ4n) is 1.57. The Bertz CT molecular complexity index is 494. The van der Waals surface area contributed by atoms with Crippen LogP contribution in [0.25, 0.3) is 0 Å². The minimum atomic E-state index is -3.56. The van der Waals surface area contributed by atoms with E-state index < -0.39 is 10.0 Å². The highest BCUT2D eigenvalue weighted by Crippen LogP contribution is 2.07. The lowest BCUT2D eigenvalue weighted by Crippen LogP contribution is -2.41. The lowest BCUT2D eigenvalue weighted by molar-refractivity contribution is -0.130. The molecule has 1 amide bonds. The third kappa shape index (κ3) is 4.32. The number of nitrogens with zero attached hydrogens (tertiary/aromatic N) is 3. The maximum absolute atomic E-state index is 12.0. The molecule has 1 aromatic rings. The van der Waals surface area contributed by atoms with Gasteiger partial charge in [0, 0.05) is 26.2 Å². The van der Waals surface area contributed by atoms with Crippen molar-refractivity contribution in [1.29, 1.82) is 0 Å². The number of amides is 1. The Kier molecular flexibility index (Phi) is 5.49. The van der Waals surface area contributed by atoms with Crippen LogP contribution in [0.1, 0.15) is 19.5 Å². The zero-order chi connectivity index (χ0) is 14.5. The van der Waals surface area contributed by atoms with Crippen molar-refractivity contribution in [3.8, 4) is 0 Å². The standard InChI is InChI=1S/C11H19N3O4S/c1-4-14(5-2)11(15)8-13(3)19(16,17)9-10-6-7-18-12-10/h6-7H,4-5,8-9H2,1-3H3. The van der Waals surface area contributed by atoms with Gasteiger partial charge in [-0.05, 0) is 13.8 Å². The van der Waals surface area contributed by atoms with Crippen LogP contribution in [0, 0.1) is 0 Å². The van der Waals surface area contributed by atoms with Crippen LogP contribution in [0.15, 0.2) is 16.9 Å². The minimum Gasteiger partial charge on any atom is -0.364 e. The number of likely N-dealkylation sites (N-methyl/N-ethyl adjacent to an activating group) is 2. The highest BCUT2D eigenvalue weighted by Gasteiger charge is 2.23. The molecule has 0 saturated carbocycles. The van der Waals surface area contributed by atoms with E-state index in [9.17, 15) is 13.2 Å². The summed E-state index contributed by atoms with van der Waals surface area (Å²) >= 11 is 0. The van der Waals surface area contributed by atoms with Gasteiger partial charge in [0.1, 0.15) is 12.0 Å². The zero-order valence-corrected chi connectivity index (χ0v) is 12.2. The van der Waals surface area contributed by atoms with Crippen LogP contribution in [0.3, 0.4) is 0 Å². The number of hydrogen-bond donors (Lipinski definition) is 0. The maximum Gasteiger partial charge on any atom is 0.237 e. The predicted molar refractivity (Wildman–Crippen MR) is 69.7 cm³/mol. The maximum atomic E-state index is 12.0. The first kappa shape index (κ1) is 15.6. The van der Waals surface area contributed by atoms with Gasteiger partial charge in [-0.2, -0.15) is 4.31 Å². The van der Waals surface area contributed by atoms with Gasteiger partial charge in [-0.3, -0.25) is 4.79 Å². The number of carbonyl (C=O) groups is 1. The highest BCUT2D eigenvalue weighted by molar-refractivity contribution is 7.88. The second-order valence-electron chi connectivity index (χ2n) is 4.07. The summed E-state index contributed by atoms with van der Waals surface area (Å²) in [5.41, 5.74) is 0.321. The molecule has 0 aliphatic rings. The van der Waals surface area contributed by atoms with Gasteiger partial charge in [-0.1, -0.05) is 5.16 Å². The fourth-order valence-corrected chi connectivity index (χ4v) is 2.62. The molecule has 0 aliphatic carbocycles. The van der Waals surface area contributed by atoms with Gasteiger partial charge in [0.15, 0.2) is 0 Å². The molecule has 7 nitrogen and oxygen atoms in total. The first-order chi connectivity index (χ1) is 8.90. The monoisotopic (exact) mass is 289 g/mol. The molecule has 8 heteroatoms. The minimum absolute atomic E-state index is 0.165. The second-order valence-corrected chi connectivity index (χ2v) is 6.14. The van der Waals surface area contributed by atoms with Crippen LogP contribution < -0.4 is 0 Å². The van der Waals surface area contributed by atoms with Crippen molar-refractivity contribution >= 4 is 15.9 Å². The van der Waals surface area contributed by atoms with E-state index >= 15 is 0 Å². The van der Waals surface area contributed by atoms with E-state index in [0.29, 0.717) is 18.8 Å². The molecule has 108 valence electrons. The average molecular weight is 289 g/mol. The number of carbonyl (C=O) groups excluding carboxylic acids is 1. The highest BCUT2D eigenvalue weighted by atomic mass is 32.2. The van der Waals surface area contributed by atoms with Gasteiger partial charge in [0.25, 0.3) is 0 Å². The quantitative estimate of drug-likeness (QED) is 0.721. The summed E-state index contributed by atoms with van der Waals surface area (Å²) in [4.78, 5) is 13.4. The topological polar surface area (TPSA) is 83.7 Å². The Hall–Kier alpha value is -1.41. The lowest BCUT2D eigenvalue weighted by atomic mass is 10.4. The average Bonchev–Trinajstić information content (AvgIpc) is 2.82. The Balaban J connectivity index is 2.66. The van der Waals surface area contributed by atoms with Crippen LogP contribution in [-0.4, -0.2) is 55.4 Å². The Labute approximate surface area is 113 Å². The molecule has 0 aromatic carbocycles. The summed E-state index contributed by atoms with van der Waals surface area (Å²) in [6.07, 6.45) is 1.31. The molecule has 0 radical (unpaired) electrons. The summed E-state index contributed by atoms with van der Waals surface area (Å²) in [6.45, 7) is 4.66. The summed E-state index contributed by atoms with van der Waals surface area (Å²) in [6, 6.07) is 1.48. The van der Waals surface area contributed by atoms with E-state index in [0.717, 1.165) is 4.31 Å². The molecule has 0 spiro atoms. The van der Waals surface area contributed by atoms with Crippen LogP contribution in [0.4, 0.5) is 0 Å². The van der Waals surface area contributed by atoms with Crippen LogP contribution in [0.2, 0.25) is 0 Å². The van der Waals surface area contributed by atoms with E-state index in [4.69, 9.17) is 0 Å². The van der Waals surface area contributed by atoms with E-state index in [1.54, 1.807) is 4.90 Å². The summed E-state index contributed by atoms with van der Waals surface area (Å²) in [7, 11) is -2.18. The number of sulfonamides is 1. The molecule has 0 saturated heterocycles. The Morgan fingerprint density at radius 2 is 2.00 bits per heavy atom. The van der Waals surface area contributed by atoms with Crippen molar-refractivity contribution in [2.45, 2.75) is 19.6 Å². The van der Waals surface area contributed by atoms with Crippen LogP contribution >= 0.6 is 0 Å². The van der Waals surface area contributed by atoms with E-state index in [1.807, 2.05) is 13.8 Å². The van der Waals surface area contributed by atoms with Gasteiger partial charge in [-0.15, -0.1) is 0 Å². The van der Waals surface area contributed by atoms with Crippen molar-refractivity contribution < 1.29 is 17.7 Å². The van der Waals surface area contributed by atoms with Crippen LogP contribution in [-0.2, 0) is 20.6 Å². The Morgan fingerprint density at radius 1 is 1.37 bits per heavy atom. The van der Waals surface area contributed by atoms with E-state index in [1.165, 1.54) is 19.4 Å². The van der Waals surface area contributed by atoms with Crippen molar-refractivity contribution in [2.75, 3.05) is 26.7 Å². The molecular weight excluding hydrogens is 270 g/mol. The molecule has 1 heterocycles. The van der Waals surface area contributed by atoms with Crippen molar-refractivity contribution in [1.82, 2.24) is 14.4 Å². The third-order valence-electron chi connectivity index (χ3n) is 2.77. The van der Waals surface area contributed by atoms with Gasteiger partial charge in [0.2, 0.25) is 15.9 Å². The van der Waals surface area contributed by atoms with Crippen LogP contribution in [0.5, 0.6) is 0 Å². The summed E-state index contributed by atoms with van der Waals surface area (Å²) in [5.74, 6) is -0.484. The number of rotatable bonds is 7. The van der Waals surface area contributed by atoms with Gasteiger partial charge >= 0.3 is 0 Å². The molecule has 1 rings (SSSR count). The number of aromatic nitrogens is 1. The summed E-state index contributed by atoms with van der Waals surface area (Å²) in [5, 5.41) is 3.55. The normalized spacial score (nSPS) is 11.8. The largest absolute Gasteiger partial charge is 0.364 e. The van der Waals surface area contributed by atoms with Crippen molar-refractivity contribution in [2.24, 2.45) is 0 Å². The van der Waals surface area contributed by atoms with Gasteiger partial charge < -0.3 is 9.42 Å². The lowest BCUT2D eigenvalue weighted by Gasteiger charge is -2.22. The van der Waals surface area contributed by atoms with Gasteiger partial charge in [-0.25, -0.2) is 8.42 Å². The predicted octanol–water partition coefficient (Wildman–Crippen LogP) is 0.305. The molecule has 19 heavy (non-hydrogen) atoms. The Morgan fingerprint density at radius 3 is 2.47 bits per heavy atom. The first-order valence-corrected chi connectivity index (χ1v) is 7.62. The molecule has 0 unspecified atom stereocenters. The SMILES string of the molecule is CCN(CC)C(=O)CN(C)S(=O)(=O)Cc1ccon1. The van der Waals surface area contributed by atoms with Crippen molar-refractivity contribution in [3.63, 3.8) is 0 Å². The van der Waals surface area contributed by atoms with Crippen molar-refractivity contribution in [3.05, 3.63) is 18.0 Å². The van der Waals surface area contributed by atoms with E-state index in [-0.39, 0.29) is 18.2 Å². The molecular formula is C11H19N3O4S. The fraction of sp³-hybridized carbons (Fsp3) is 0.636. The third-order valence-corrected chi connectivity index (χ3v) is 4.51.